The number of carboxylic acid groups (broad SMARTS) is 1. The van der Waals surface area contributed by atoms with Crippen molar-refractivity contribution in [2.75, 3.05) is 0 Å². The van der Waals surface area contributed by atoms with Gasteiger partial charge in [-0.05, 0) is 0 Å². The van der Waals surface area contributed by atoms with Crippen molar-refractivity contribution < 1.29 is 107 Å². The van der Waals surface area contributed by atoms with Crippen LogP contribution in [-0.2, 0) is 17.8 Å². The Morgan fingerprint density at radius 3 is 0.938 bits per heavy atom. The molecule has 0 atom stereocenters. The maximum absolute atomic E-state index is 15.4. The Kier molecular flexibility index (Phi) is 13.6. The average Bonchev–Trinajstić information content (AvgIpc) is 3.27. The Morgan fingerprint density at radius 1 is 0.391 bits per heavy atom. The van der Waals surface area contributed by atoms with Crippen molar-refractivity contribution in [3.8, 4) is 0 Å². The van der Waals surface area contributed by atoms with Crippen LogP contribution >= 0.6 is 0 Å². The smallest absolute Gasteiger partial charge is 0.314 e. The van der Waals surface area contributed by atoms with E-state index in [9.17, 15) is 62.3 Å². The Hall–Kier alpha value is -6.95. The highest BCUT2D eigenvalue weighted by Gasteiger charge is 2.52. The number of carbonyl (C=O) groups excluding carboxylic acids is 1. The van der Waals surface area contributed by atoms with Crippen molar-refractivity contribution in [3.05, 3.63) is 182 Å². The fraction of sp³-hybridized carbons (Fsp3) is 0.0513. The minimum absolute atomic E-state index is 0.0385. The molecule has 5 aromatic carbocycles. The number of pyridine rings is 1. The lowest BCUT2D eigenvalue weighted by Crippen LogP contribution is -2.81. The van der Waals surface area contributed by atoms with Crippen molar-refractivity contribution in [3.63, 3.8) is 0 Å². The third-order valence-corrected chi connectivity index (χ3v) is 9.48. The first-order valence-corrected chi connectivity index (χ1v) is 16.9. The van der Waals surface area contributed by atoms with Gasteiger partial charge in [-0.3, -0.25) is 9.59 Å². The summed E-state index contributed by atoms with van der Waals surface area (Å²) in [6, 6.07) is 14.2. The number of aromatic nitrogens is 1. The van der Waals surface area contributed by atoms with E-state index in [0.717, 1.165) is 0 Å². The molecule has 0 aliphatic carbocycles. The molecule has 0 unspecified atom stereocenters. The third kappa shape index (κ3) is 7.75. The van der Waals surface area contributed by atoms with Crippen LogP contribution in [0.1, 0.15) is 16.1 Å². The Labute approximate surface area is 342 Å². The molecule has 6 aromatic rings. The summed E-state index contributed by atoms with van der Waals surface area (Å²) in [6.45, 7) is 0.146. The SMILES string of the molecule is Fc1c(F)c(F)c([B-](c2c(F)c(F)c(F)c(F)c2F)(c2c(F)c(F)c(F)c(F)c2F)c2c(F)c(F)c(F)c(F)c2F)c(F)c1F.O=C(O)Cc1cccc[n+]1CC(=O)c1ccccc1. The van der Waals surface area contributed by atoms with Crippen molar-refractivity contribution >= 4 is 39.7 Å². The van der Waals surface area contributed by atoms with E-state index < -0.39 is 150 Å². The normalized spacial score (nSPS) is 11.4. The number of carbonyl (C=O) groups is 2. The van der Waals surface area contributed by atoms with Crippen LogP contribution in [0.15, 0.2) is 54.7 Å². The van der Waals surface area contributed by atoms with Crippen LogP contribution in [0.5, 0.6) is 0 Å². The highest BCUT2D eigenvalue weighted by Crippen LogP contribution is 2.30. The molecule has 64 heavy (non-hydrogen) atoms. The lowest BCUT2D eigenvalue weighted by Gasteiger charge is -2.44. The molecule has 0 spiro atoms. The van der Waals surface area contributed by atoms with E-state index in [1.165, 1.54) is 0 Å². The van der Waals surface area contributed by atoms with Crippen molar-refractivity contribution in [2.24, 2.45) is 0 Å². The van der Waals surface area contributed by atoms with Crippen molar-refractivity contribution in [1.29, 1.82) is 0 Å². The maximum Gasteiger partial charge on any atom is 0.314 e. The highest BCUT2D eigenvalue weighted by atomic mass is 19.2. The second-order valence-electron chi connectivity index (χ2n) is 13.0. The van der Waals surface area contributed by atoms with Crippen LogP contribution in [0.4, 0.5) is 87.8 Å². The molecular formula is C39H14BF20NO3. The van der Waals surface area contributed by atoms with Crippen molar-refractivity contribution in [1.82, 2.24) is 0 Å². The zero-order chi connectivity index (χ0) is 48.0. The quantitative estimate of drug-likeness (QED) is 0.0413. The van der Waals surface area contributed by atoms with Crippen LogP contribution in [0.2, 0.25) is 0 Å². The van der Waals surface area contributed by atoms with Gasteiger partial charge in [0.1, 0.15) is 59.1 Å². The zero-order valence-corrected chi connectivity index (χ0v) is 30.5. The topological polar surface area (TPSA) is 58.2 Å². The maximum atomic E-state index is 15.4. The number of Topliss-reactive ketones (excluding diaryl/α,β-unsaturated/α-hetero) is 1. The summed E-state index contributed by atoms with van der Waals surface area (Å²) < 4.78 is 296. The lowest BCUT2D eigenvalue weighted by atomic mass is 9.12. The zero-order valence-electron chi connectivity index (χ0n) is 30.5. The number of carboxylic acids is 1. The van der Waals surface area contributed by atoms with E-state index >= 15 is 35.1 Å². The van der Waals surface area contributed by atoms with E-state index in [1.54, 1.807) is 53.2 Å². The second-order valence-corrected chi connectivity index (χ2v) is 13.0. The fourth-order valence-corrected chi connectivity index (χ4v) is 6.73. The molecule has 1 aromatic heterocycles. The van der Waals surface area contributed by atoms with Gasteiger partial charge in [-0.25, -0.2) is 87.8 Å². The summed E-state index contributed by atoms with van der Waals surface area (Å²) in [5.41, 5.74) is -13.1. The van der Waals surface area contributed by atoms with Gasteiger partial charge in [0.25, 0.3) is 0 Å². The molecule has 0 fully saturated rings. The molecular weight excluding hydrogens is 921 g/mol. The van der Waals surface area contributed by atoms with Crippen LogP contribution < -0.4 is 26.4 Å². The van der Waals surface area contributed by atoms with Gasteiger partial charge in [-0.2, -0.15) is 4.57 Å². The Morgan fingerprint density at radius 2 is 0.656 bits per heavy atom. The summed E-state index contributed by atoms with van der Waals surface area (Å²) in [7, 11) is 0. The molecule has 0 saturated carbocycles. The van der Waals surface area contributed by atoms with Gasteiger partial charge in [-0.1, -0.05) is 36.4 Å². The Bertz CT molecular complexity index is 2510. The fourth-order valence-electron chi connectivity index (χ4n) is 6.73. The predicted molar refractivity (Wildman–Crippen MR) is 178 cm³/mol. The molecule has 4 nitrogen and oxygen atoms in total. The standard InChI is InChI=1S/C24BF20.C15H13NO3/c26-5-1(6(27)14(35)21(42)13(5)34)25(2-7(28)15(36)22(43)16(37)8(2)29,3-9(30)17(38)23(44)18(39)10(3)31)4-11(32)19(40)24(45)20(41)12(4)33;17-14(12-6-2-1-3-7-12)11-16-9-5-4-8-13(16)10-15(18)19/h;1-9H,10-11H2/q-1;/p+1. The van der Waals surface area contributed by atoms with Crippen LogP contribution in [-0.4, -0.2) is 23.0 Å². The molecule has 336 valence electrons. The minimum atomic E-state index is -7.22. The molecule has 0 amide bonds. The molecule has 25 heteroatoms. The molecule has 0 saturated heterocycles. The van der Waals surface area contributed by atoms with Gasteiger partial charge in [0.2, 0.25) is 12.3 Å². The minimum Gasteiger partial charge on any atom is -0.481 e. The van der Waals surface area contributed by atoms with E-state index in [0.29, 0.717) is 11.3 Å². The average molecular weight is 935 g/mol. The van der Waals surface area contributed by atoms with Crippen LogP contribution in [0.25, 0.3) is 0 Å². The molecule has 0 radical (unpaired) electrons. The second kappa shape index (κ2) is 18.0. The number of hydrogen-bond donors (Lipinski definition) is 1. The lowest BCUT2D eigenvalue weighted by molar-refractivity contribution is -0.690. The van der Waals surface area contributed by atoms with Gasteiger partial charge in [0.05, 0.1) is 0 Å². The van der Waals surface area contributed by atoms with Gasteiger partial charge >= 0.3 is 5.97 Å². The third-order valence-electron chi connectivity index (χ3n) is 9.48. The summed E-state index contributed by atoms with van der Waals surface area (Å²) in [6.07, 6.45) is -5.59. The summed E-state index contributed by atoms with van der Waals surface area (Å²) >= 11 is 0. The summed E-state index contributed by atoms with van der Waals surface area (Å²) in [4.78, 5) is 22.9. The molecule has 0 bridgehead atoms. The van der Waals surface area contributed by atoms with E-state index in [1.807, 2.05) is 6.07 Å². The highest BCUT2D eigenvalue weighted by molar-refractivity contribution is 7.20. The first-order valence-electron chi connectivity index (χ1n) is 16.9. The Balaban J connectivity index is 0.000000337. The largest absolute Gasteiger partial charge is 0.481 e. The number of rotatable bonds is 9. The molecule has 0 aliphatic heterocycles. The predicted octanol–water partition coefficient (Wildman–Crippen LogP) is 7.33. The van der Waals surface area contributed by atoms with Crippen LogP contribution in [0, 0.1) is 116 Å². The first kappa shape index (κ1) is 48.1. The van der Waals surface area contributed by atoms with Gasteiger partial charge in [-0.15, -0.1) is 21.9 Å². The molecule has 0 aliphatic rings. The van der Waals surface area contributed by atoms with E-state index in [-0.39, 0.29) is 18.7 Å². The number of nitrogens with zero attached hydrogens (tertiary/aromatic N) is 1. The monoisotopic (exact) mass is 935 g/mol. The summed E-state index contributed by atoms with van der Waals surface area (Å²) in [5, 5.41) is 8.84. The number of ketones is 1. The van der Waals surface area contributed by atoms with Gasteiger partial charge in [0.15, 0.2) is 81.7 Å². The molecule has 1 heterocycles. The van der Waals surface area contributed by atoms with Gasteiger partial charge in [0, 0.05) is 17.7 Å². The van der Waals surface area contributed by atoms with E-state index in [4.69, 9.17) is 5.11 Å². The molecule has 6 rings (SSSR count). The number of halogens is 20. The number of benzene rings is 5. The number of hydrogen-bond acceptors (Lipinski definition) is 2. The van der Waals surface area contributed by atoms with Crippen LogP contribution in [0.3, 0.4) is 0 Å². The summed E-state index contributed by atoms with van der Waals surface area (Å²) in [5.74, 6) is -72.4. The van der Waals surface area contributed by atoms with Gasteiger partial charge < -0.3 is 5.11 Å². The molecule has 1 N–H and O–H groups in total. The first-order chi connectivity index (χ1) is 29.9. The van der Waals surface area contributed by atoms with E-state index in [2.05, 4.69) is 0 Å². The number of aliphatic carboxylic acids is 1. The van der Waals surface area contributed by atoms with Crippen molar-refractivity contribution in [2.45, 2.75) is 13.0 Å².